The maximum atomic E-state index is 12.8. The largest absolute Gasteiger partial charge is 0.478 e. The number of pyridine rings is 1. The second kappa shape index (κ2) is 6.33. The van der Waals surface area contributed by atoms with Gasteiger partial charge in [0.1, 0.15) is 0 Å². The van der Waals surface area contributed by atoms with Crippen LogP contribution in [0.25, 0.3) is 0 Å². The van der Waals surface area contributed by atoms with Crippen molar-refractivity contribution in [2.24, 2.45) is 0 Å². The van der Waals surface area contributed by atoms with Crippen LogP contribution in [0.4, 0.5) is 0 Å². The Morgan fingerprint density at radius 1 is 1.25 bits per heavy atom. The van der Waals surface area contributed by atoms with Gasteiger partial charge in [-0.25, -0.2) is 18.2 Å². The number of carbonyl (C=O) groups is 1. The molecule has 1 atom stereocenters. The van der Waals surface area contributed by atoms with Gasteiger partial charge in [-0.15, -0.1) is 0 Å². The van der Waals surface area contributed by atoms with Crippen LogP contribution in [0.1, 0.15) is 27.9 Å². The number of fused-ring (bicyclic) bond motifs is 1. The van der Waals surface area contributed by atoms with Gasteiger partial charge >= 0.3 is 5.97 Å². The molecule has 0 saturated heterocycles. The summed E-state index contributed by atoms with van der Waals surface area (Å²) < 4.78 is 26.9. The van der Waals surface area contributed by atoms with E-state index in [4.69, 9.17) is 5.11 Å². The normalized spacial score (nSPS) is 17.5. The fraction of sp³-hybridized carbons (Fsp3) is 0.294. The highest BCUT2D eigenvalue weighted by molar-refractivity contribution is 7.89. The first-order chi connectivity index (χ1) is 11.4. The number of hydrogen-bond acceptors (Lipinski definition) is 4. The van der Waals surface area contributed by atoms with E-state index in [0.717, 1.165) is 24.5 Å². The molecule has 7 heteroatoms. The molecule has 0 spiro atoms. The third-order valence-corrected chi connectivity index (χ3v) is 6.27. The predicted molar refractivity (Wildman–Crippen MR) is 88.4 cm³/mol. The molecule has 0 fully saturated rings. The van der Waals surface area contributed by atoms with Crippen LogP contribution in [0, 0.1) is 0 Å². The highest BCUT2D eigenvalue weighted by atomic mass is 32.2. The van der Waals surface area contributed by atoms with Crippen molar-refractivity contribution < 1.29 is 18.3 Å². The lowest BCUT2D eigenvalue weighted by molar-refractivity contribution is 0.0696. The Balaban J connectivity index is 1.88. The van der Waals surface area contributed by atoms with Crippen molar-refractivity contribution in [2.45, 2.75) is 30.3 Å². The first kappa shape index (κ1) is 16.6. The lowest BCUT2D eigenvalue weighted by Crippen LogP contribution is -2.40. The molecule has 3 rings (SSSR count). The van der Waals surface area contributed by atoms with E-state index >= 15 is 0 Å². The molecule has 0 aliphatic heterocycles. The molecular formula is C17H18N2O4S. The Morgan fingerprint density at radius 3 is 2.67 bits per heavy atom. The van der Waals surface area contributed by atoms with Crippen LogP contribution in [0.15, 0.2) is 47.6 Å². The summed E-state index contributed by atoms with van der Waals surface area (Å²) in [5.74, 6) is -1.18. The third kappa shape index (κ3) is 3.05. The van der Waals surface area contributed by atoms with Crippen molar-refractivity contribution in [1.82, 2.24) is 9.29 Å². The van der Waals surface area contributed by atoms with Crippen LogP contribution in [-0.4, -0.2) is 41.9 Å². The highest BCUT2D eigenvalue weighted by Crippen LogP contribution is 2.27. The van der Waals surface area contributed by atoms with Gasteiger partial charge in [0.2, 0.25) is 0 Å². The third-order valence-electron chi connectivity index (χ3n) is 4.46. The van der Waals surface area contributed by atoms with Crippen LogP contribution in [0.3, 0.4) is 0 Å². The lowest BCUT2D eigenvalue weighted by Gasteiger charge is -2.31. The summed E-state index contributed by atoms with van der Waals surface area (Å²) in [6.45, 7) is 0. The van der Waals surface area contributed by atoms with Crippen LogP contribution in [-0.2, 0) is 22.9 Å². The Labute approximate surface area is 140 Å². The number of aromatic nitrogens is 1. The van der Waals surface area contributed by atoms with Crippen LogP contribution < -0.4 is 0 Å². The minimum absolute atomic E-state index is 0.0917. The van der Waals surface area contributed by atoms with Crippen LogP contribution >= 0.6 is 0 Å². The number of carboxylic acid groups (broad SMARTS) is 1. The second-order valence-electron chi connectivity index (χ2n) is 5.87. The molecule has 0 saturated carbocycles. The molecule has 1 aromatic carbocycles. The van der Waals surface area contributed by atoms with Crippen molar-refractivity contribution in [3.8, 4) is 0 Å². The summed E-state index contributed by atoms with van der Waals surface area (Å²) >= 11 is 0. The smallest absolute Gasteiger partial charge is 0.335 e. The number of carboxylic acids is 1. The molecule has 24 heavy (non-hydrogen) atoms. The molecule has 1 aliphatic rings. The van der Waals surface area contributed by atoms with E-state index in [-0.39, 0.29) is 16.6 Å². The summed E-state index contributed by atoms with van der Waals surface area (Å²) in [7, 11) is -2.31. The van der Waals surface area contributed by atoms with Gasteiger partial charge in [-0.1, -0.05) is 24.3 Å². The first-order valence-corrected chi connectivity index (χ1v) is 9.08. The van der Waals surface area contributed by atoms with E-state index in [1.165, 1.54) is 29.2 Å². The molecule has 0 bridgehead atoms. The number of likely N-dealkylation sites (N-methyl/N-ethyl adjacent to an activating group) is 1. The summed E-state index contributed by atoms with van der Waals surface area (Å²) in [5.41, 5.74) is 2.32. The minimum Gasteiger partial charge on any atom is -0.478 e. The molecule has 2 aromatic rings. The van der Waals surface area contributed by atoms with Crippen molar-refractivity contribution in [3.63, 3.8) is 0 Å². The Bertz CT molecular complexity index is 880. The highest BCUT2D eigenvalue weighted by Gasteiger charge is 2.31. The SMILES string of the molecule is CN(C1CCc2ccccc2C1)S(=O)(=O)c1cc(C(=O)O)ccn1. The average molecular weight is 346 g/mol. The number of nitrogens with zero attached hydrogens (tertiary/aromatic N) is 2. The maximum absolute atomic E-state index is 12.8. The van der Waals surface area contributed by atoms with E-state index < -0.39 is 16.0 Å². The van der Waals surface area contributed by atoms with Gasteiger partial charge in [-0.05, 0) is 42.5 Å². The van der Waals surface area contributed by atoms with Crippen molar-refractivity contribution in [1.29, 1.82) is 0 Å². The maximum Gasteiger partial charge on any atom is 0.335 e. The predicted octanol–water partition coefficient (Wildman–Crippen LogP) is 1.96. The molecule has 6 nitrogen and oxygen atoms in total. The number of aryl methyl sites for hydroxylation is 1. The van der Waals surface area contributed by atoms with Gasteiger partial charge in [0.15, 0.2) is 5.03 Å². The standard InChI is InChI=1S/C17H18N2O4S/c1-19(15-7-6-12-4-2-3-5-13(12)10-15)24(22,23)16-11-14(17(20)21)8-9-18-16/h2-5,8-9,11,15H,6-7,10H2,1H3,(H,20,21). The molecule has 1 heterocycles. The molecule has 0 amide bonds. The Kier molecular flexibility index (Phi) is 4.38. The van der Waals surface area contributed by atoms with Crippen LogP contribution in [0.5, 0.6) is 0 Å². The summed E-state index contributed by atoms with van der Waals surface area (Å²) in [5, 5.41) is 8.80. The summed E-state index contributed by atoms with van der Waals surface area (Å²) in [6.07, 6.45) is 3.40. The van der Waals surface area contributed by atoms with E-state index in [1.807, 2.05) is 18.2 Å². The molecule has 1 N–H and O–H groups in total. The van der Waals surface area contributed by atoms with E-state index in [1.54, 1.807) is 0 Å². The van der Waals surface area contributed by atoms with E-state index in [2.05, 4.69) is 11.1 Å². The topological polar surface area (TPSA) is 87.6 Å². The molecule has 126 valence electrons. The van der Waals surface area contributed by atoms with Crippen molar-refractivity contribution >= 4 is 16.0 Å². The summed E-state index contributed by atoms with van der Waals surface area (Å²) in [6, 6.07) is 10.2. The fourth-order valence-electron chi connectivity index (χ4n) is 3.02. The van der Waals surface area contributed by atoms with Gasteiger partial charge in [0.05, 0.1) is 5.56 Å². The van der Waals surface area contributed by atoms with E-state index in [0.29, 0.717) is 6.42 Å². The van der Waals surface area contributed by atoms with Crippen molar-refractivity contribution in [3.05, 3.63) is 59.3 Å². The zero-order chi connectivity index (χ0) is 17.3. The monoisotopic (exact) mass is 346 g/mol. The molecule has 1 aliphatic carbocycles. The molecule has 1 unspecified atom stereocenters. The summed E-state index contributed by atoms with van der Waals surface area (Å²) in [4.78, 5) is 14.9. The molecule has 0 radical (unpaired) electrons. The Hall–Kier alpha value is -2.25. The molecular weight excluding hydrogens is 328 g/mol. The zero-order valence-electron chi connectivity index (χ0n) is 13.2. The number of rotatable bonds is 4. The van der Waals surface area contributed by atoms with Crippen molar-refractivity contribution in [2.75, 3.05) is 7.05 Å². The van der Waals surface area contributed by atoms with Gasteiger partial charge in [-0.2, -0.15) is 4.31 Å². The number of benzene rings is 1. The van der Waals surface area contributed by atoms with Gasteiger partial charge in [0.25, 0.3) is 10.0 Å². The molecule has 1 aromatic heterocycles. The second-order valence-corrected chi connectivity index (χ2v) is 7.82. The van der Waals surface area contributed by atoms with Gasteiger partial charge in [0, 0.05) is 19.3 Å². The number of sulfonamides is 1. The van der Waals surface area contributed by atoms with Gasteiger partial charge < -0.3 is 5.11 Å². The first-order valence-electron chi connectivity index (χ1n) is 7.64. The zero-order valence-corrected chi connectivity index (χ0v) is 14.0. The Morgan fingerprint density at radius 2 is 1.96 bits per heavy atom. The average Bonchev–Trinajstić information content (AvgIpc) is 2.60. The quantitative estimate of drug-likeness (QED) is 0.914. The fourth-order valence-corrected chi connectivity index (χ4v) is 4.35. The van der Waals surface area contributed by atoms with Gasteiger partial charge in [-0.3, -0.25) is 0 Å². The van der Waals surface area contributed by atoms with E-state index in [9.17, 15) is 13.2 Å². The number of aromatic carboxylic acids is 1. The number of hydrogen-bond donors (Lipinski definition) is 1. The van der Waals surface area contributed by atoms with Crippen LogP contribution in [0.2, 0.25) is 0 Å². The minimum atomic E-state index is -3.84. The lowest BCUT2D eigenvalue weighted by atomic mass is 9.88.